The van der Waals surface area contributed by atoms with Crippen molar-refractivity contribution in [3.8, 4) is 6.07 Å². The largest absolute Gasteiger partial charge is 0.281 e. The van der Waals surface area contributed by atoms with Crippen molar-refractivity contribution in [2.45, 2.75) is 11.4 Å². The fourth-order valence-electron chi connectivity index (χ4n) is 1.44. The number of nitrogens with one attached hydrogen (secondary N) is 2. The lowest BCUT2D eigenvalue weighted by Crippen LogP contribution is -2.24. The number of H-pyrrole nitrogens is 1. The van der Waals surface area contributed by atoms with E-state index >= 15 is 0 Å². The third kappa shape index (κ3) is 3.12. The second-order valence-electron chi connectivity index (χ2n) is 3.66. The second kappa shape index (κ2) is 5.40. The summed E-state index contributed by atoms with van der Waals surface area (Å²) < 4.78 is 26.6. The molecule has 0 saturated heterocycles. The molecule has 6 nitrogen and oxygen atoms in total. The molecule has 0 aliphatic rings. The maximum absolute atomic E-state index is 12.1. The predicted octanol–water partition coefficient (Wildman–Crippen LogP) is 1.41. The molecule has 0 fully saturated rings. The van der Waals surface area contributed by atoms with Gasteiger partial charge in [-0.05, 0) is 24.3 Å². The van der Waals surface area contributed by atoms with Crippen molar-refractivity contribution < 1.29 is 8.42 Å². The first-order chi connectivity index (χ1) is 9.03. The van der Waals surface area contributed by atoms with Crippen LogP contribution in [0.5, 0.6) is 0 Å². The summed E-state index contributed by atoms with van der Waals surface area (Å²) in [5.74, 6) is 0. The van der Waals surface area contributed by atoms with Crippen molar-refractivity contribution in [2.24, 2.45) is 0 Å². The number of rotatable bonds is 4. The third-order valence-corrected chi connectivity index (χ3v) is 4.04. The molecule has 2 aromatic rings. The van der Waals surface area contributed by atoms with Gasteiger partial charge in [0.05, 0.1) is 17.8 Å². The Morgan fingerprint density at radius 3 is 2.84 bits per heavy atom. The molecule has 0 radical (unpaired) electrons. The van der Waals surface area contributed by atoms with E-state index in [1.165, 1.54) is 24.4 Å². The Morgan fingerprint density at radius 1 is 1.42 bits per heavy atom. The van der Waals surface area contributed by atoms with Crippen LogP contribution in [0, 0.1) is 11.3 Å². The van der Waals surface area contributed by atoms with Crippen LogP contribution in [0.2, 0.25) is 5.02 Å². The number of aromatic amines is 1. The molecule has 19 heavy (non-hydrogen) atoms. The van der Waals surface area contributed by atoms with Gasteiger partial charge in [-0.25, -0.2) is 13.1 Å². The van der Waals surface area contributed by atoms with E-state index in [2.05, 4.69) is 14.9 Å². The van der Waals surface area contributed by atoms with Crippen LogP contribution in [0.15, 0.2) is 35.4 Å². The maximum atomic E-state index is 12.1. The summed E-state index contributed by atoms with van der Waals surface area (Å²) in [6.45, 7) is 0.0553. The normalized spacial score (nSPS) is 11.2. The van der Waals surface area contributed by atoms with Crippen molar-refractivity contribution in [1.29, 1.82) is 5.26 Å². The smallest absolute Gasteiger partial charge is 0.242 e. The zero-order valence-electron chi connectivity index (χ0n) is 9.59. The van der Waals surface area contributed by atoms with Gasteiger partial charge in [0.2, 0.25) is 10.0 Å². The molecule has 1 aromatic heterocycles. The minimum absolute atomic E-state index is 0.0431. The van der Waals surface area contributed by atoms with Crippen LogP contribution >= 0.6 is 11.6 Å². The number of nitrogens with zero attached hydrogens (tertiary/aromatic N) is 2. The summed E-state index contributed by atoms with van der Waals surface area (Å²) >= 11 is 5.76. The molecule has 0 amide bonds. The summed E-state index contributed by atoms with van der Waals surface area (Å²) in [5.41, 5.74) is 0.658. The van der Waals surface area contributed by atoms with Crippen LogP contribution in [0.25, 0.3) is 0 Å². The predicted molar refractivity (Wildman–Crippen MR) is 68.8 cm³/mol. The van der Waals surface area contributed by atoms with Crippen LogP contribution in [-0.4, -0.2) is 18.6 Å². The highest BCUT2D eigenvalue weighted by atomic mass is 35.5. The Hall–Kier alpha value is -1.88. The minimum atomic E-state index is -3.81. The lowest BCUT2D eigenvalue weighted by atomic mass is 10.2. The quantitative estimate of drug-likeness (QED) is 0.891. The molecule has 0 bridgehead atoms. The first-order valence-corrected chi connectivity index (χ1v) is 7.06. The maximum Gasteiger partial charge on any atom is 0.242 e. The van der Waals surface area contributed by atoms with Gasteiger partial charge in [0.25, 0.3) is 0 Å². The molecule has 98 valence electrons. The van der Waals surface area contributed by atoms with E-state index in [1.54, 1.807) is 6.07 Å². The van der Waals surface area contributed by atoms with Crippen LogP contribution in [0.3, 0.4) is 0 Å². The summed E-state index contributed by atoms with van der Waals surface area (Å²) in [6.07, 6.45) is 1.52. The van der Waals surface area contributed by atoms with Gasteiger partial charge in [-0.3, -0.25) is 5.10 Å². The van der Waals surface area contributed by atoms with Crippen LogP contribution in [0.4, 0.5) is 0 Å². The van der Waals surface area contributed by atoms with Gasteiger partial charge in [-0.2, -0.15) is 10.4 Å². The summed E-state index contributed by atoms with van der Waals surface area (Å²) in [6, 6.07) is 7.55. The standard InChI is InChI=1S/C11H9ClN4O2S/c12-9-2-1-8(6-13)11(5-9)19(17,18)15-7-10-3-4-14-16-10/h1-5,15H,7H2,(H,14,16). The van der Waals surface area contributed by atoms with Gasteiger partial charge in [-0.15, -0.1) is 0 Å². The summed E-state index contributed by atoms with van der Waals surface area (Å²) in [7, 11) is -3.81. The van der Waals surface area contributed by atoms with Gasteiger partial charge >= 0.3 is 0 Å². The fraction of sp³-hybridized carbons (Fsp3) is 0.0909. The van der Waals surface area contributed by atoms with Gasteiger partial charge in [0, 0.05) is 11.2 Å². The molecule has 1 aromatic carbocycles. The zero-order valence-corrected chi connectivity index (χ0v) is 11.2. The highest BCUT2D eigenvalue weighted by Gasteiger charge is 2.19. The highest BCUT2D eigenvalue weighted by molar-refractivity contribution is 7.89. The van der Waals surface area contributed by atoms with E-state index in [9.17, 15) is 8.42 Å². The molecule has 0 aliphatic heterocycles. The zero-order chi connectivity index (χ0) is 13.9. The Balaban J connectivity index is 2.29. The molecule has 0 unspecified atom stereocenters. The third-order valence-electron chi connectivity index (χ3n) is 2.36. The van der Waals surface area contributed by atoms with Crippen molar-refractivity contribution in [1.82, 2.24) is 14.9 Å². The number of hydrogen-bond donors (Lipinski definition) is 2. The Bertz CT molecular complexity index is 720. The minimum Gasteiger partial charge on any atom is -0.281 e. The molecule has 0 aliphatic carbocycles. The highest BCUT2D eigenvalue weighted by Crippen LogP contribution is 2.20. The molecule has 0 atom stereocenters. The lowest BCUT2D eigenvalue weighted by molar-refractivity contribution is 0.580. The topological polar surface area (TPSA) is 98.6 Å². The van der Waals surface area contributed by atoms with E-state index in [0.29, 0.717) is 5.69 Å². The van der Waals surface area contributed by atoms with Gasteiger partial charge in [-0.1, -0.05) is 11.6 Å². The fourth-order valence-corrected chi connectivity index (χ4v) is 2.87. The number of aromatic nitrogens is 2. The number of halogens is 1. The van der Waals surface area contributed by atoms with Gasteiger partial charge < -0.3 is 0 Å². The number of nitriles is 1. The molecule has 2 N–H and O–H groups in total. The molecule has 0 spiro atoms. The Labute approximate surface area is 115 Å². The van der Waals surface area contributed by atoms with Crippen molar-refractivity contribution >= 4 is 21.6 Å². The SMILES string of the molecule is N#Cc1ccc(Cl)cc1S(=O)(=O)NCc1ccn[nH]1. The average molecular weight is 297 g/mol. The Morgan fingerprint density at radius 2 is 2.21 bits per heavy atom. The summed E-state index contributed by atoms with van der Waals surface area (Å²) in [5, 5.41) is 15.5. The van der Waals surface area contributed by atoms with Crippen LogP contribution in [-0.2, 0) is 16.6 Å². The molecule has 0 saturated carbocycles. The van der Waals surface area contributed by atoms with Crippen molar-refractivity contribution in [2.75, 3.05) is 0 Å². The first-order valence-electron chi connectivity index (χ1n) is 5.20. The molecule has 2 rings (SSSR count). The average Bonchev–Trinajstić information content (AvgIpc) is 2.89. The van der Waals surface area contributed by atoms with Crippen molar-refractivity contribution in [3.05, 3.63) is 46.7 Å². The van der Waals surface area contributed by atoms with Crippen molar-refractivity contribution in [3.63, 3.8) is 0 Å². The molecule has 8 heteroatoms. The molecule has 1 heterocycles. The monoisotopic (exact) mass is 296 g/mol. The van der Waals surface area contributed by atoms with E-state index < -0.39 is 10.0 Å². The second-order valence-corrected chi connectivity index (χ2v) is 5.83. The van der Waals surface area contributed by atoms with E-state index in [4.69, 9.17) is 16.9 Å². The first kappa shape index (κ1) is 13.5. The summed E-state index contributed by atoms with van der Waals surface area (Å²) in [4.78, 5) is -0.137. The number of benzene rings is 1. The lowest BCUT2D eigenvalue weighted by Gasteiger charge is -2.07. The van der Waals surface area contributed by atoms with E-state index in [-0.39, 0.29) is 22.0 Å². The Kier molecular flexibility index (Phi) is 3.85. The van der Waals surface area contributed by atoms with Crippen LogP contribution in [0.1, 0.15) is 11.3 Å². The van der Waals surface area contributed by atoms with Crippen LogP contribution < -0.4 is 4.72 Å². The number of sulfonamides is 1. The van der Waals surface area contributed by atoms with Gasteiger partial charge in [0.1, 0.15) is 11.0 Å². The van der Waals surface area contributed by atoms with Gasteiger partial charge in [0.15, 0.2) is 0 Å². The number of hydrogen-bond acceptors (Lipinski definition) is 4. The molecular formula is C11H9ClN4O2S. The van der Waals surface area contributed by atoms with E-state index in [1.807, 2.05) is 6.07 Å². The van der Waals surface area contributed by atoms with E-state index in [0.717, 1.165) is 0 Å². The molecular weight excluding hydrogens is 288 g/mol.